The molecule has 0 fully saturated rings. The summed E-state index contributed by atoms with van der Waals surface area (Å²) in [5, 5.41) is 2.78. The van der Waals surface area contributed by atoms with E-state index >= 15 is 0 Å². The number of imidazole rings is 1. The van der Waals surface area contributed by atoms with Gasteiger partial charge in [0.15, 0.2) is 0 Å². The number of benzene rings is 1. The number of rotatable bonds is 4. The fraction of sp³-hybridized carbons (Fsp3) is 0.333. The van der Waals surface area contributed by atoms with Crippen molar-refractivity contribution in [2.75, 3.05) is 0 Å². The van der Waals surface area contributed by atoms with Gasteiger partial charge in [0.25, 0.3) is 0 Å². The number of hydrogen-bond donors (Lipinski definition) is 3. The van der Waals surface area contributed by atoms with Crippen molar-refractivity contribution in [3.05, 3.63) is 30.1 Å². The van der Waals surface area contributed by atoms with Crippen LogP contribution in [-0.4, -0.2) is 21.9 Å². The number of aromatic nitrogens is 2. The van der Waals surface area contributed by atoms with Crippen LogP contribution in [0.1, 0.15) is 19.2 Å². The Bertz CT molecular complexity index is 494. The molecule has 0 bridgehead atoms. The minimum absolute atomic E-state index is 0. The molecule has 2 aromatic rings. The van der Waals surface area contributed by atoms with Crippen molar-refractivity contribution in [2.45, 2.75) is 25.9 Å². The van der Waals surface area contributed by atoms with Crippen LogP contribution in [0.3, 0.4) is 0 Å². The summed E-state index contributed by atoms with van der Waals surface area (Å²) in [7, 11) is 0. The zero-order chi connectivity index (χ0) is 12.3. The van der Waals surface area contributed by atoms with E-state index in [1.807, 2.05) is 24.3 Å². The summed E-state index contributed by atoms with van der Waals surface area (Å²) in [5.74, 6) is 0.699. The van der Waals surface area contributed by atoms with Crippen LogP contribution in [-0.2, 0) is 11.3 Å². The topological polar surface area (TPSA) is 83.8 Å². The van der Waals surface area contributed by atoms with Gasteiger partial charge in [0.1, 0.15) is 5.82 Å². The second-order valence-corrected chi connectivity index (χ2v) is 4.16. The van der Waals surface area contributed by atoms with Gasteiger partial charge in [0.05, 0.1) is 17.6 Å². The second kappa shape index (κ2) is 7.99. The van der Waals surface area contributed by atoms with Crippen molar-refractivity contribution >= 4 is 41.8 Å². The molecule has 4 N–H and O–H groups in total. The highest BCUT2D eigenvalue weighted by Crippen LogP contribution is 2.09. The van der Waals surface area contributed by atoms with E-state index in [9.17, 15) is 4.79 Å². The molecule has 1 atom stereocenters. The number of nitrogens with zero attached hydrogens (tertiary/aromatic N) is 1. The lowest BCUT2D eigenvalue weighted by Gasteiger charge is -2.05. The number of nitrogens with one attached hydrogen (secondary N) is 2. The minimum atomic E-state index is -0.120. The molecule has 1 heterocycles. The van der Waals surface area contributed by atoms with Crippen molar-refractivity contribution in [1.29, 1.82) is 0 Å². The smallest absolute Gasteiger partial charge is 0.221 e. The van der Waals surface area contributed by atoms with Crippen LogP contribution >= 0.6 is 24.8 Å². The van der Waals surface area contributed by atoms with Crippen LogP contribution < -0.4 is 11.1 Å². The molecule has 19 heavy (non-hydrogen) atoms. The first kappa shape index (κ1) is 17.7. The Morgan fingerprint density at radius 3 is 2.74 bits per heavy atom. The van der Waals surface area contributed by atoms with E-state index in [-0.39, 0.29) is 36.8 Å². The van der Waals surface area contributed by atoms with Crippen molar-refractivity contribution in [2.24, 2.45) is 5.73 Å². The molecule has 7 heteroatoms. The Labute approximate surface area is 124 Å². The summed E-state index contributed by atoms with van der Waals surface area (Å²) in [4.78, 5) is 18.9. The first-order valence-corrected chi connectivity index (χ1v) is 5.61. The molecular weight excluding hydrogens is 287 g/mol. The Kier molecular flexibility index (Phi) is 7.44. The molecule has 1 aromatic carbocycles. The summed E-state index contributed by atoms with van der Waals surface area (Å²) in [5.41, 5.74) is 7.42. The molecule has 0 saturated heterocycles. The molecule has 0 aliphatic carbocycles. The Hall–Kier alpha value is -1.30. The summed E-state index contributed by atoms with van der Waals surface area (Å²) < 4.78 is 0. The highest BCUT2D eigenvalue weighted by atomic mass is 35.5. The van der Waals surface area contributed by atoms with Gasteiger partial charge in [-0.15, -0.1) is 24.8 Å². The third-order valence-electron chi connectivity index (χ3n) is 2.40. The standard InChI is InChI=1S/C12H16N4O.2ClH/c1-8(13)6-12(17)14-7-11-15-9-4-2-3-5-10(9)16-11;;/h2-5,8H,6-7,13H2,1H3,(H,14,17)(H,15,16);2*1H. The SMILES string of the molecule is CC(N)CC(=O)NCc1nc2ccccc2[nH]1.Cl.Cl. The van der Waals surface area contributed by atoms with Gasteiger partial charge in [-0.1, -0.05) is 12.1 Å². The molecule has 0 radical (unpaired) electrons. The predicted molar refractivity (Wildman–Crippen MR) is 80.7 cm³/mol. The van der Waals surface area contributed by atoms with Crippen molar-refractivity contribution in [3.63, 3.8) is 0 Å². The molecule has 0 aliphatic rings. The molecule has 2 rings (SSSR count). The van der Waals surface area contributed by atoms with Crippen LogP contribution in [0.4, 0.5) is 0 Å². The Morgan fingerprint density at radius 1 is 1.42 bits per heavy atom. The molecule has 0 spiro atoms. The lowest BCUT2D eigenvalue weighted by molar-refractivity contribution is -0.121. The first-order chi connectivity index (χ1) is 8.15. The molecule has 5 nitrogen and oxygen atoms in total. The van der Waals surface area contributed by atoms with Gasteiger partial charge in [0, 0.05) is 12.5 Å². The zero-order valence-electron chi connectivity index (χ0n) is 10.6. The lowest BCUT2D eigenvalue weighted by Crippen LogP contribution is -2.29. The number of fused-ring (bicyclic) bond motifs is 1. The van der Waals surface area contributed by atoms with Crippen molar-refractivity contribution < 1.29 is 4.79 Å². The fourth-order valence-corrected chi connectivity index (χ4v) is 1.64. The average molecular weight is 305 g/mol. The summed E-state index contributed by atoms with van der Waals surface area (Å²) in [6.07, 6.45) is 0.334. The average Bonchev–Trinajstić information content (AvgIpc) is 2.68. The number of nitrogens with two attached hydrogens (primary N) is 1. The number of H-pyrrole nitrogens is 1. The van der Waals surface area contributed by atoms with E-state index in [1.165, 1.54) is 0 Å². The number of para-hydroxylation sites is 2. The van der Waals surface area contributed by atoms with Gasteiger partial charge in [0.2, 0.25) is 5.91 Å². The van der Waals surface area contributed by atoms with Crippen LogP contribution in [0.25, 0.3) is 11.0 Å². The highest BCUT2D eigenvalue weighted by Gasteiger charge is 2.06. The third-order valence-corrected chi connectivity index (χ3v) is 2.40. The quantitative estimate of drug-likeness (QED) is 0.805. The molecule has 0 aliphatic heterocycles. The zero-order valence-corrected chi connectivity index (χ0v) is 12.2. The fourth-order valence-electron chi connectivity index (χ4n) is 1.64. The van der Waals surface area contributed by atoms with Gasteiger partial charge >= 0.3 is 0 Å². The van der Waals surface area contributed by atoms with E-state index < -0.39 is 0 Å². The van der Waals surface area contributed by atoms with Gasteiger partial charge in [-0.2, -0.15) is 0 Å². The van der Waals surface area contributed by atoms with Crippen molar-refractivity contribution in [3.8, 4) is 0 Å². The number of amides is 1. The maximum absolute atomic E-state index is 11.4. The predicted octanol–water partition coefficient (Wildman–Crippen LogP) is 1.76. The van der Waals surface area contributed by atoms with Gasteiger partial charge in [-0.05, 0) is 19.1 Å². The number of halogens is 2. The Morgan fingerprint density at radius 2 is 2.11 bits per heavy atom. The molecule has 0 saturated carbocycles. The largest absolute Gasteiger partial charge is 0.349 e. The van der Waals surface area contributed by atoms with Crippen molar-refractivity contribution in [1.82, 2.24) is 15.3 Å². The third kappa shape index (κ3) is 5.06. The van der Waals surface area contributed by atoms with E-state index in [0.717, 1.165) is 16.9 Å². The number of carbonyl (C=O) groups is 1. The molecule has 1 amide bonds. The van der Waals surface area contributed by atoms with Gasteiger partial charge < -0.3 is 16.0 Å². The Balaban J connectivity index is 0.00000162. The first-order valence-electron chi connectivity index (χ1n) is 5.61. The normalized spacial score (nSPS) is 11.3. The molecule has 1 unspecified atom stereocenters. The minimum Gasteiger partial charge on any atom is -0.349 e. The summed E-state index contributed by atoms with van der Waals surface area (Å²) in [6, 6.07) is 7.64. The molecule has 106 valence electrons. The van der Waals surface area contributed by atoms with Crippen LogP contribution in [0.15, 0.2) is 24.3 Å². The monoisotopic (exact) mass is 304 g/mol. The van der Waals surface area contributed by atoms with Crippen LogP contribution in [0, 0.1) is 0 Å². The summed E-state index contributed by atoms with van der Waals surface area (Å²) >= 11 is 0. The van der Waals surface area contributed by atoms with E-state index in [1.54, 1.807) is 6.92 Å². The van der Waals surface area contributed by atoms with Gasteiger partial charge in [-0.3, -0.25) is 4.79 Å². The molecule has 1 aromatic heterocycles. The van der Waals surface area contributed by atoms with E-state index in [2.05, 4.69) is 15.3 Å². The summed E-state index contributed by atoms with van der Waals surface area (Å²) in [6.45, 7) is 2.21. The van der Waals surface area contributed by atoms with Gasteiger partial charge in [-0.25, -0.2) is 4.98 Å². The van der Waals surface area contributed by atoms with E-state index in [0.29, 0.717) is 13.0 Å². The number of hydrogen-bond acceptors (Lipinski definition) is 3. The number of aromatic amines is 1. The second-order valence-electron chi connectivity index (χ2n) is 4.16. The van der Waals surface area contributed by atoms with Crippen LogP contribution in [0.2, 0.25) is 0 Å². The highest BCUT2D eigenvalue weighted by molar-refractivity contribution is 5.85. The van der Waals surface area contributed by atoms with E-state index in [4.69, 9.17) is 5.73 Å². The van der Waals surface area contributed by atoms with Crippen LogP contribution in [0.5, 0.6) is 0 Å². The maximum Gasteiger partial charge on any atom is 0.221 e. The molecular formula is C12H18Cl2N4O. The maximum atomic E-state index is 11.4. The number of carbonyl (C=O) groups excluding carboxylic acids is 1. The lowest BCUT2D eigenvalue weighted by atomic mass is 10.2.